The maximum Gasteiger partial charge on any atom is 0.229 e. The van der Waals surface area contributed by atoms with Crippen LogP contribution < -0.4 is 31.3 Å². The maximum atomic E-state index is 13.5. The number of nitrogens with zero attached hydrogens (tertiary/aromatic N) is 5. The van der Waals surface area contributed by atoms with Gasteiger partial charge >= 0.3 is 0 Å². The van der Waals surface area contributed by atoms with E-state index in [4.69, 9.17) is 15.5 Å². The van der Waals surface area contributed by atoms with Gasteiger partial charge in [-0.15, -0.1) is 0 Å². The van der Waals surface area contributed by atoms with Gasteiger partial charge in [-0.05, 0) is 68.9 Å². The molecule has 1 aliphatic heterocycles. The van der Waals surface area contributed by atoms with Gasteiger partial charge in [0.2, 0.25) is 5.95 Å². The van der Waals surface area contributed by atoms with Crippen LogP contribution >= 0.6 is 7.14 Å². The third-order valence-corrected chi connectivity index (χ3v) is 9.09. The van der Waals surface area contributed by atoms with E-state index in [2.05, 4.69) is 56.1 Å². The fraction of sp³-hybridized carbons (Fsp3) is 0.355. The first-order valence-electron chi connectivity index (χ1n) is 14.2. The van der Waals surface area contributed by atoms with Crippen molar-refractivity contribution in [1.29, 1.82) is 0 Å². The predicted octanol–water partition coefficient (Wildman–Crippen LogP) is 5.69. The second-order valence-electron chi connectivity index (χ2n) is 11.1. The van der Waals surface area contributed by atoms with Crippen LogP contribution in [-0.4, -0.2) is 59.5 Å². The van der Waals surface area contributed by atoms with E-state index in [0.717, 1.165) is 49.2 Å². The average Bonchev–Trinajstić information content (AvgIpc) is 2.96. The number of aryl methyl sites for hydroxylation is 1. The van der Waals surface area contributed by atoms with Crippen molar-refractivity contribution in [2.75, 3.05) is 49.1 Å². The van der Waals surface area contributed by atoms with E-state index < -0.39 is 7.14 Å². The number of nitrogens with one attached hydrogen (secondary N) is 2. The number of hydrogen-bond donors (Lipinski definition) is 3. The van der Waals surface area contributed by atoms with Gasteiger partial charge in [-0.1, -0.05) is 13.5 Å². The second-order valence-corrected chi connectivity index (χ2v) is 14.2. The lowest BCUT2D eigenvalue weighted by atomic mass is 10.0. The molecule has 220 valence electrons. The second kappa shape index (κ2) is 12.1. The first-order chi connectivity index (χ1) is 20.1. The summed E-state index contributed by atoms with van der Waals surface area (Å²) < 4.78 is 19.3. The number of fused-ring (bicyclic) bond motifs is 1. The Bertz CT molecular complexity index is 1680. The third kappa shape index (κ3) is 6.10. The molecule has 0 atom stereocenters. The van der Waals surface area contributed by atoms with Crippen LogP contribution in [0.3, 0.4) is 0 Å². The number of methoxy groups -OCH3 is 1. The predicted molar refractivity (Wildman–Crippen MR) is 174 cm³/mol. The molecule has 5 rings (SSSR count). The normalized spacial score (nSPS) is 14.2. The quantitative estimate of drug-likeness (QED) is 0.210. The number of aromatic nitrogens is 4. The molecule has 3 heterocycles. The summed E-state index contributed by atoms with van der Waals surface area (Å²) in [5.41, 5.74) is 12.8. The molecule has 11 heteroatoms. The number of piperidine rings is 1. The van der Waals surface area contributed by atoms with Gasteiger partial charge in [-0.3, -0.25) is 9.97 Å². The average molecular weight is 587 g/mol. The standard InChI is InChI=1S/C31H39N8O2P/c1-7-20-16-25(27(41-4)17-26(20)39-14-10-21(32)11-15-39)37-31-35-18-22(19(2)3)30(38-31)36-24-9-8-23-28(34-13-12-33-23)29(24)42(5,6)40/h8-9,12-13,16-18,21H,2,7,10-11,14-15,32H2,1,3-6H3,(H2,35,36,37,38). The molecule has 1 fully saturated rings. The van der Waals surface area contributed by atoms with Crippen molar-refractivity contribution in [2.45, 2.75) is 39.2 Å². The lowest BCUT2D eigenvalue weighted by Crippen LogP contribution is -2.40. The molecule has 2 aromatic carbocycles. The lowest BCUT2D eigenvalue weighted by Gasteiger charge is -2.34. The van der Waals surface area contributed by atoms with E-state index in [0.29, 0.717) is 39.5 Å². The highest BCUT2D eigenvalue weighted by Gasteiger charge is 2.24. The Kier molecular flexibility index (Phi) is 8.48. The summed E-state index contributed by atoms with van der Waals surface area (Å²) in [6.07, 6.45) is 7.78. The Morgan fingerprint density at radius 2 is 1.86 bits per heavy atom. The van der Waals surface area contributed by atoms with Crippen molar-refractivity contribution in [3.8, 4) is 5.75 Å². The van der Waals surface area contributed by atoms with E-state index in [9.17, 15) is 4.57 Å². The summed E-state index contributed by atoms with van der Waals surface area (Å²) in [6, 6.07) is 8.18. The van der Waals surface area contributed by atoms with Crippen LogP contribution in [0.2, 0.25) is 0 Å². The van der Waals surface area contributed by atoms with Crippen LogP contribution in [0.1, 0.15) is 37.8 Å². The van der Waals surface area contributed by atoms with Crippen molar-refractivity contribution < 1.29 is 9.30 Å². The first-order valence-corrected chi connectivity index (χ1v) is 16.8. The Morgan fingerprint density at radius 1 is 1.12 bits per heavy atom. The number of rotatable bonds is 9. The van der Waals surface area contributed by atoms with Crippen LogP contribution in [0.25, 0.3) is 16.6 Å². The number of benzene rings is 2. The molecule has 4 N–H and O–H groups in total. The smallest absolute Gasteiger partial charge is 0.229 e. The third-order valence-electron chi connectivity index (χ3n) is 7.56. The van der Waals surface area contributed by atoms with Gasteiger partial charge in [0.05, 0.1) is 29.3 Å². The summed E-state index contributed by atoms with van der Waals surface area (Å²) in [7, 11) is -1.09. The van der Waals surface area contributed by atoms with E-state index in [-0.39, 0.29) is 6.04 Å². The van der Waals surface area contributed by atoms with Gasteiger partial charge in [0, 0.05) is 55.0 Å². The number of ether oxygens (including phenoxy) is 1. The number of allylic oxidation sites excluding steroid dienone is 1. The van der Waals surface area contributed by atoms with Gasteiger partial charge in [0.25, 0.3) is 0 Å². The van der Waals surface area contributed by atoms with Gasteiger partial charge in [-0.25, -0.2) is 4.98 Å². The van der Waals surface area contributed by atoms with E-state index in [1.54, 1.807) is 39.0 Å². The summed E-state index contributed by atoms with van der Waals surface area (Å²) in [5.74, 6) is 1.62. The summed E-state index contributed by atoms with van der Waals surface area (Å²) in [6.45, 7) is 13.5. The van der Waals surface area contributed by atoms with Crippen molar-refractivity contribution in [3.63, 3.8) is 0 Å². The Balaban J connectivity index is 1.52. The molecule has 0 amide bonds. The molecule has 0 spiro atoms. The topological polar surface area (TPSA) is 131 Å². The molecule has 2 aromatic heterocycles. The molecule has 1 aliphatic rings. The maximum absolute atomic E-state index is 13.5. The minimum absolute atomic E-state index is 0.261. The molecular weight excluding hydrogens is 547 g/mol. The first kappa shape index (κ1) is 29.5. The highest BCUT2D eigenvalue weighted by Crippen LogP contribution is 2.41. The van der Waals surface area contributed by atoms with Gasteiger partial charge in [-0.2, -0.15) is 4.98 Å². The molecule has 42 heavy (non-hydrogen) atoms. The van der Waals surface area contributed by atoms with Crippen molar-refractivity contribution in [2.24, 2.45) is 5.73 Å². The zero-order chi connectivity index (χ0) is 30.0. The van der Waals surface area contributed by atoms with Crippen LogP contribution in [0.5, 0.6) is 5.75 Å². The Morgan fingerprint density at radius 3 is 2.52 bits per heavy atom. The van der Waals surface area contributed by atoms with Crippen LogP contribution in [0.4, 0.5) is 28.8 Å². The van der Waals surface area contributed by atoms with E-state index in [1.807, 2.05) is 19.1 Å². The van der Waals surface area contributed by atoms with Crippen LogP contribution in [0.15, 0.2) is 49.4 Å². The zero-order valence-electron chi connectivity index (χ0n) is 24.9. The SMILES string of the molecule is C=C(C)c1cnc(Nc2cc(CC)c(N3CCC(N)CC3)cc2OC)nc1Nc1ccc2nccnc2c1P(C)(C)=O. The minimum atomic E-state index is -2.76. The van der Waals surface area contributed by atoms with Crippen molar-refractivity contribution in [1.82, 2.24) is 19.9 Å². The summed E-state index contributed by atoms with van der Waals surface area (Å²) in [5, 5.41) is 7.41. The highest BCUT2D eigenvalue weighted by atomic mass is 31.2. The molecule has 10 nitrogen and oxygen atoms in total. The summed E-state index contributed by atoms with van der Waals surface area (Å²) in [4.78, 5) is 20.7. The van der Waals surface area contributed by atoms with Gasteiger partial charge < -0.3 is 30.6 Å². The molecule has 0 bridgehead atoms. The molecule has 4 aromatic rings. The van der Waals surface area contributed by atoms with Gasteiger partial charge in [0.1, 0.15) is 24.2 Å². The Labute approximate surface area is 247 Å². The number of nitrogens with two attached hydrogens (primary N) is 1. The zero-order valence-corrected chi connectivity index (χ0v) is 25.8. The van der Waals surface area contributed by atoms with Crippen LogP contribution in [0, 0.1) is 0 Å². The molecule has 0 unspecified atom stereocenters. The summed E-state index contributed by atoms with van der Waals surface area (Å²) >= 11 is 0. The largest absolute Gasteiger partial charge is 0.494 e. The van der Waals surface area contributed by atoms with Crippen LogP contribution in [-0.2, 0) is 11.0 Å². The molecule has 1 saturated heterocycles. The number of hydrogen-bond acceptors (Lipinski definition) is 10. The van der Waals surface area contributed by atoms with E-state index >= 15 is 0 Å². The molecule has 0 aliphatic carbocycles. The monoisotopic (exact) mass is 586 g/mol. The lowest BCUT2D eigenvalue weighted by molar-refractivity contribution is 0.416. The number of anilines is 5. The molecule has 0 radical (unpaired) electrons. The van der Waals surface area contributed by atoms with Crippen molar-refractivity contribution in [3.05, 3.63) is 60.6 Å². The molecular formula is C31H39N8O2P. The molecule has 0 saturated carbocycles. The fourth-order valence-corrected chi connectivity index (χ4v) is 6.76. The Hall–Kier alpha value is -4.01. The van der Waals surface area contributed by atoms with E-state index in [1.165, 1.54) is 11.3 Å². The minimum Gasteiger partial charge on any atom is -0.494 e. The highest BCUT2D eigenvalue weighted by molar-refractivity contribution is 7.71. The fourth-order valence-electron chi connectivity index (χ4n) is 5.36. The van der Waals surface area contributed by atoms with Gasteiger partial charge in [0.15, 0.2) is 0 Å². The van der Waals surface area contributed by atoms with Crippen molar-refractivity contribution >= 4 is 57.9 Å².